The minimum atomic E-state index is 0.810. The first-order valence-electron chi connectivity index (χ1n) is 6.20. The first kappa shape index (κ1) is 12.7. The van der Waals surface area contributed by atoms with E-state index < -0.39 is 0 Å². The first-order chi connectivity index (χ1) is 8.63. The van der Waals surface area contributed by atoms with E-state index in [1.807, 2.05) is 26.2 Å². The van der Waals surface area contributed by atoms with Gasteiger partial charge in [0.15, 0.2) is 0 Å². The molecule has 0 amide bonds. The van der Waals surface area contributed by atoms with Crippen molar-refractivity contribution in [3.63, 3.8) is 0 Å². The van der Waals surface area contributed by atoms with Crippen molar-refractivity contribution in [1.29, 1.82) is 0 Å². The zero-order chi connectivity index (χ0) is 13.0. The second-order valence-corrected chi connectivity index (χ2v) is 4.85. The Kier molecular flexibility index (Phi) is 4.05. The van der Waals surface area contributed by atoms with Crippen molar-refractivity contribution in [2.24, 2.45) is 0 Å². The summed E-state index contributed by atoms with van der Waals surface area (Å²) < 4.78 is 5.77. The summed E-state index contributed by atoms with van der Waals surface area (Å²) in [6.07, 6.45) is 1.91. The van der Waals surface area contributed by atoms with Crippen LogP contribution < -0.4 is 5.73 Å². The van der Waals surface area contributed by atoms with Gasteiger partial charge in [-0.3, -0.25) is 0 Å². The van der Waals surface area contributed by atoms with Gasteiger partial charge < -0.3 is 15.1 Å². The molecule has 0 radical (unpaired) electrons. The topological polar surface area (TPSA) is 42.4 Å². The van der Waals surface area contributed by atoms with Crippen LogP contribution in [0.3, 0.4) is 0 Å². The summed E-state index contributed by atoms with van der Waals surface area (Å²) in [6.45, 7) is 0.849. The first-order valence-corrected chi connectivity index (χ1v) is 6.20. The Morgan fingerprint density at radius 1 is 0.944 bits per heavy atom. The SMILES string of the molecule is CN(C)Cc1ccc(CCc2ccc(N)cc2)o1. The van der Waals surface area contributed by atoms with Gasteiger partial charge in [0.2, 0.25) is 0 Å². The van der Waals surface area contributed by atoms with Gasteiger partial charge in [-0.25, -0.2) is 0 Å². The molecule has 0 aliphatic rings. The largest absolute Gasteiger partial charge is 0.465 e. The van der Waals surface area contributed by atoms with Gasteiger partial charge in [0.25, 0.3) is 0 Å². The molecular weight excluding hydrogens is 224 g/mol. The minimum Gasteiger partial charge on any atom is -0.465 e. The molecular formula is C15H20N2O. The molecule has 3 heteroatoms. The Hall–Kier alpha value is -1.74. The fourth-order valence-electron chi connectivity index (χ4n) is 1.91. The van der Waals surface area contributed by atoms with Gasteiger partial charge in [-0.1, -0.05) is 12.1 Å². The fraction of sp³-hybridized carbons (Fsp3) is 0.333. The lowest BCUT2D eigenvalue weighted by atomic mass is 10.1. The lowest BCUT2D eigenvalue weighted by Crippen LogP contribution is -2.09. The molecule has 1 aromatic heterocycles. The van der Waals surface area contributed by atoms with Crippen molar-refractivity contribution in [2.45, 2.75) is 19.4 Å². The Morgan fingerprint density at radius 3 is 2.28 bits per heavy atom. The van der Waals surface area contributed by atoms with Crippen LogP contribution in [0.2, 0.25) is 0 Å². The van der Waals surface area contributed by atoms with E-state index >= 15 is 0 Å². The standard InChI is InChI=1S/C15H20N2O/c1-17(2)11-15-10-9-14(18-15)8-5-12-3-6-13(16)7-4-12/h3-4,6-7,9-10H,5,8,11,16H2,1-2H3. The number of benzene rings is 1. The molecule has 0 fully saturated rings. The Morgan fingerprint density at radius 2 is 1.61 bits per heavy atom. The number of hydrogen-bond donors (Lipinski definition) is 1. The zero-order valence-corrected chi connectivity index (χ0v) is 11.0. The van der Waals surface area contributed by atoms with Crippen LogP contribution in [0.1, 0.15) is 17.1 Å². The molecule has 3 nitrogen and oxygen atoms in total. The van der Waals surface area contributed by atoms with E-state index in [2.05, 4.69) is 29.2 Å². The summed E-state index contributed by atoms with van der Waals surface area (Å²) >= 11 is 0. The molecule has 96 valence electrons. The van der Waals surface area contributed by atoms with E-state index in [4.69, 9.17) is 10.2 Å². The monoisotopic (exact) mass is 244 g/mol. The molecule has 2 aromatic rings. The molecule has 18 heavy (non-hydrogen) atoms. The van der Waals surface area contributed by atoms with Crippen LogP contribution in [0, 0.1) is 0 Å². The minimum absolute atomic E-state index is 0.810. The second-order valence-electron chi connectivity index (χ2n) is 4.85. The van der Waals surface area contributed by atoms with Gasteiger partial charge in [-0.15, -0.1) is 0 Å². The van der Waals surface area contributed by atoms with Crippen LogP contribution in [-0.4, -0.2) is 19.0 Å². The smallest absolute Gasteiger partial charge is 0.118 e. The van der Waals surface area contributed by atoms with Crippen LogP contribution >= 0.6 is 0 Å². The summed E-state index contributed by atoms with van der Waals surface area (Å²) in [4.78, 5) is 2.10. The summed E-state index contributed by atoms with van der Waals surface area (Å²) in [7, 11) is 4.08. The number of nitrogens with zero attached hydrogens (tertiary/aromatic N) is 1. The van der Waals surface area contributed by atoms with Crippen LogP contribution in [0.15, 0.2) is 40.8 Å². The highest BCUT2D eigenvalue weighted by Gasteiger charge is 2.03. The van der Waals surface area contributed by atoms with E-state index in [1.165, 1.54) is 5.56 Å². The molecule has 2 rings (SSSR count). The quantitative estimate of drug-likeness (QED) is 0.822. The van der Waals surface area contributed by atoms with Crippen molar-refractivity contribution in [3.05, 3.63) is 53.5 Å². The molecule has 0 bridgehead atoms. The van der Waals surface area contributed by atoms with Crippen LogP contribution in [0.25, 0.3) is 0 Å². The van der Waals surface area contributed by atoms with Crippen molar-refractivity contribution in [3.8, 4) is 0 Å². The predicted molar refractivity (Wildman–Crippen MR) is 74.4 cm³/mol. The molecule has 0 aliphatic heterocycles. The lowest BCUT2D eigenvalue weighted by Gasteiger charge is -2.05. The van der Waals surface area contributed by atoms with Crippen LogP contribution in [-0.2, 0) is 19.4 Å². The average Bonchev–Trinajstić information content (AvgIpc) is 2.75. The number of nitrogens with two attached hydrogens (primary N) is 1. The highest BCUT2D eigenvalue weighted by molar-refractivity contribution is 5.39. The highest BCUT2D eigenvalue weighted by Crippen LogP contribution is 2.13. The lowest BCUT2D eigenvalue weighted by molar-refractivity contribution is 0.341. The third kappa shape index (κ3) is 3.64. The van der Waals surface area contributed by atoms with Gasteiger partial charge in [0, 0.05) is 12.1 Å². The van der Waals surface area contributed by atoms with Crippen molar-refractivity contribution >= 4 is 5.69 Å². The summed E-state index contributed by atoms with van der Waals surface area (Å²) in [5, 5.41) is 0. The molecule has 0 unspecified atom stereocenters. The number of anilines is 1. The predicted octanol–water partition coefficient (Wildman–Crippen LogP) is 2.71. The van der Waals surface area contributed by atoms with Crippen LogP contribution in [0.5, 0.6) is 0 Å². The van der Waals surface area contributed by atoms with Crippen molar-refractivity contribution < 1.29 is 4.42 Å². The molecule has 0 atom stereocenters. The van der Waals surface area contributed by atoms with E-state index in [0.29, 0.717) is 0 Å². The molecule has 0 saturated carbocycles. The number of nitrogen functional groups attached to an aromatic ring is 1. The van der Waals surface area contributed by atoms with E-state index in [9.17, 15) is 0 Å². The normalized spacial score (nSPS) is 11.1. The third-order valence-corrected chi connectivity index (χ3v) is 2.83. The summed E-state index contributed by atoms with van der Waals surface area (Å²) in [5.74, 6) is 2.07. The fourth-order valence-corrected chi connectivity index (χ4v) is 1.91. The summed E-state index contributed by atoms with van der Waals surface area (Å²) in [6, 6.07) is 12.1. The highest BCUT2D eigenvalue weighted by atomic mass is 16.3. The number of furan rings is 1. The molecule has 2 N–H and O–H groups in total. The van der Waals surface area contributed by atoms with E-state index in [-0.39, 0.29) is 0 Å². The maximum Gasteiger partial charge on any atom is 0.118 e. The average molecular weight is 244 g/mol. The molecule has 0 saturated heterocycles. The molecule has 1 heterocycles. The van der Waals surface area contributed by atoms with E-state index in [1.54, 1.807) is 0 Å². The van der Waals surface area contributed by atoms with Gasteiger partial charge in [-0.05, 0) is 50.3 Å². The van der Waals surface area contributed by atoms with Gasteiger partial charge in [0.1, 0.15) is 11.5 Å². The number of hydrogen-bond acceptors (Lipinski definition) is 3. The molecule has 0 spiro atoms. The maximum absolute atomic E-state index is 5.77. The third-order valence-electron chi connectivity index (χ3n) is 2.83. The zero-order valence-electron chi connectivity index (χ0n) is 11.0. The van der Waals surface area contributed by atoms with Crippen molar-refractivity contribution in [2.75, 3.05) is 19.8 Å². The second kappa shape index (κ2) is 5.74. The van der Waals surface area contributed by atoms with Gasteiger partial charge in [-0.2, -0.15) is 0 Å². The Labute approximate surface area is 108 Å². The number of rotatable bonds is 5. The number of aryl methyl sites for hydroxylation is 2. The van der Waals surface area contributed by atoms with Crippen LogP contribution in [0.4, 0.5) is 5.69 Å². The van der Waals surface area contributed by atoms with Crippen molar-refractivity contribution in [1.82, 2.24) is 4.90 Å². The van der Waals surface area contributed by atoms with E-state index in [0.717, 1.165) is 36.6 Å². The maximum atomic E-state index is 5.77. The van der Waals surface area contributed by atoms with Gasteiger partial charge in [0.05, 0.1) is 6.54 Å². The molecule has 1 aromatic carbocycles. The Bertz CT molecular complexity index is 485. The summed E-state index contributed by atoms with van der Waals surface area (Å²) in [5.41, 5.74) is 7.76. The van der Waals surface area contributed by atoms with Gasteiger partial charge >= 0.3 is 0 Å². The Balaban J connectivity index is 1.90. The molecule has 0 aliphatic carbocycles.